The Bertz CT molecular complexity index is 1460. The van der Waals surface area contributed by atoms with Gasteiger partial charge in [0.25, 0.3) is 0 Å². The van der Waals surface area contributed by atoms with E-state index in [0.717, 1.165) is 55.3 Å². The molecule has 0 spiro atoms. The summed E-state index contributed by atoms with van der Waals surface area (Å²) in [6, 6.07) is 28.6. The summed E-state index contributed by atoms with van der Waals surface area (Å²) < 4.78 is 11.9. The fraction of sp³-hybridized carbons (Fsp3) is 0. The van der Waals surface area contributed by atoms with Crippen molar-refractivity contribution in [2.75, 3.05) is 5.32 Å². The number of fused-ring (bicyclic) bond motifs is 6. The van der Waals surface area contributed by atoms with Crippen molar-refractivity contribution in [3.8, 4) is 0 Å². The van der Waals surface area contributed by atoms with Crippen LogP contribution in [0, 0.1) is 0 Å². The summed E-state index contributed by atoms with van der Waals surface area (Å²) in [4.78, 5) is 0. The minimum Gasteiger partial charge on any atom is -0.456 e. The van der Waals surface area contributed by atoms with Crippen molar-refractivity contribution in [2.45, 2.75) is 0 Å². The van der Waals surface area contributed by atoms with E-state index < -0.39 is 0 Å². The lowest BCUT2D eigenvalue weighted by atomic mass is 10.1. The fourth-order valence-electron chi connectivity index (χ4n) is 3.84. The minimum atomic E-state index is 0.885. The number of furan rings is 2. The van der Waals surface area contributed by atoms with Crippen molar-refractivity contribution in [3.63, 3.8) is 0 Å². The number of hydrogen-bond donors (Lipinski definition) is 1. The van der Waals surface area contributed by atoms with Crippen LogP contribution in [0.2, 0.25) is 0 Å². The molecule has 0 saturated heterocycles. The van der Waals surface area contributed by atoms with Crippen LogP contribution in [0.5, 0.6) is 0 Å². The van der Waals surface area contributed by atoms with Crippen molar-refractivity contribution in [1.82, 2.24) is 0 Å². The Morgan fingerprint density at radius 3 is 2.07 bits per heavy atom. The zero-order valence-electron chi connectivity index (χ0n) is 14.4. The Kier molecular flexibility index (Phi) is 2.88. The van der Waals surface area contributed by atoms with E-state index in [1.54, 1.807) is 0 Å². The smallest absolute Gasteiger partial charge is 0.137 e. The molecule has 128 valence electrons. The Labute approximate surface area is 154 Å². The second kappa shape index (κ2) is 5.39. The van der Waals surface area contributed by atoms with Crippen LogP contribution in [0.1, 0.15) is 0 Å². The fourth-order valence-corrected chi connectivity index (χ4v) is 3.84. The molecule has 2 aromatic heterocycles. The molecule has 0 unspecified atom stereocenters. The van der Waals surface area contributed by atoms with Gasteiger partial charge in [-0.25, -0.2) is 0 Å². The van der Waals surface area contributed by atoms with E-state index in [4.69, 9.17) is 8.83 Å². The van der Waals surface area contributed by atoms with E-state index >= 15 is 0 Å². The topological polar surface area (TPSA) is 38.3 Å². The summed E-state index contributed by atoms with van der Waals surface area (Å²) in [5.41, 5.74) is 5.65. The van der Waals surface area contributed by atoms with Crippen LogP contribution < -0.4 is 5.32 Å². The van der Waals surface area contributed by atoms with Crippen molar-refractivity contribution in [3.05, 3.63) is 84.9 Å². The van der Waals surface area contributed by atoms with Gasteiger partial charge in [0.2, 0.25) is 0 Å². The lowest BCUT2D eigenvalue weighted by Gasteiger charge is -2.08. The van der Waals surface area contributed by atoms with Crippen LogP contribution in [0.3, 0.4) is 0 Å². The summed E-state index contributed by atoms with van der Waals surface area (Å²) in [6.07, 6.45) is 0. The molecule has 0 aliphatic carbocycles. The second-order valence-electron chi connectivity index (χ2n) is 6.71. The highest BCUT2D eigenvalue weighted by atomic mass is 16.3. The van der Waals surface area contributed by atoms with Crippen molar-refractivity contribution in [1.29, 1.82) is 0 Å². The summed E-state index contributed by atoms with van der Waals surface area (Å²) in [6.45, 7) is 0. The monoisotopic (exact) mass is 349 g/mol. The maximum atomic E-state index is 5.99. The molecular weight excluding hydrogens is 334 g/mol. The molecular formula is C24H15NO2. The van der Waals surface area contributed by atoms with E-state index in [0.29, 0.717) is 0 Å². The molecule has 6 aromatic rings. The van der Waals surface area contributed by atoms with Gasteiger partial charge < -0.3 is 14.2 Å². The molecule has 0 fully saturated rings. The number of hydrogen-bond acceptors (Lipinski definition) is 3. The van der Waals surface area contributed by atoms with E-state index in [1.165, 1.54) is 0 Å². The van der Waals surface area contributed by atoms with Gasteiger partial charge in [0.1, 0.15) is 22.3 Å². The van der Waals surface area contributed by atoms with E-state index in [9.17, 15) is 0 Å². The number of anilines is 2. The molecule has 0 atom stereocenters. The Morgan fingerprint density at radius 2 is 1.19 bits per heavy atom. The first-order valence-electron chi connectivity index (χ1n) is 8.95. The highest BCUT2D eigenvalue weighted by Gasteiger charge is 2.12. The Hall–Kier alpha value is -3.72. The molecule has 0 saturated carbocycles. The van der Waals surface area contributed by atoms with Crippen LogP contribution >= 0.6 is 0 Å². The number of para-hydroxylation sites is 2. The average Bonchev–Trinajstić information content (AvgIpc) is 3.26. The summed E-state index contributed by atoms with van der Waals surface area (Å²) in [5, 5.41) is 8.03. The van der Waals surface area contributed by atoms with Gasteiger partial charge in [-0.3, -0.25) is 0 Å². The van der Waals surface area contributed by atoms with E-state index in [1.807, 2.05) is 60.7 Å². The summed E-state index contributed by atoms with van der Waals surface area (Å²) in [5.74, 6) is 0. The van der Waals surface area contributed by atoms with Crippen LogP contribution in [0.4, 0.5) is 11.4 Å². The Balaban J connectivity index is 1.54. The van der Waals surface area contributed by atoms with Gasteiger partial charge in [-0.2, -0.15) is 0 Å². The standard InChI is InChI=1S/C24H15NO2/c1-3-9-20-16(6-1)18-14-15(12-13-22(18)26-20)25-19-8-5-11-23-24(19)17-7-2-4-10-21(17)27-23/h1-14,25H. The molecule has 3 heteroatoms. The average molecular weight is 349 g/mol. The molecule has 27 heavy (non-hydrogen) atoms. The third kappa shape index (κ3) is 2.15. The molecule has 0 aliphatic heterocycles. The lowest BCUT2D eigenvalue weighted by molar-refractivity contribution is 0.668. The molecule has 0 aliphatic rings. The van der Waals surface area contributed by atoms with Gasteiger partial charge in [0, 0.05) is 21.8 Å². The molecule has 2 heterocycles. The van der Waals surface area contributed by atoms with Gasteiger partial charge in [-0.05, 0) is 42.5 Å². The minimum absolute atomic E-state index is 0.885. The normalized spacial score (nSPS) is 11.7. The molecule has 0 bridgehead atoms. The maximum Gasteiger partial charge on any atom is 0.137 e. The predicted molar refractivity (Wildman–Crippen MR) is 111 cm³/mol. The molecule has 0 radical (unpaired) electrons. The molecule has 3 nitrogen and oxygen atoms in total. The quantitative estimate of drug-likeness (QED) is 0.358. The molecule has 4 aromatic carbocycles. The van der Waals surface area contributed by atoms with Crippen molar-refractivity contribution < 1.29 is 8.83 Å². The van der Waals surface area contributed by atoms with Crippen LogP contribution in [0.15, 0.2) is 93.8 Å². The number of benzene rings is 4. The van der Waals surface area contributed by atoms with Crippen molar-refractivity contribution >= 4 is 55.3 Å². The second-order valence-corrected chi connectivity index (χ2v) is 6.71. The van der Waals surface area contributed by atoms with Gasteiger partial charge >= 0.3 is 0 Å². The molecule has 0 amide bonds. The van der Waals surface area contributed by atoms with Crippen LogP contribution in [-0.2, 0) is 0 Å². The van der Waals surface area contributed by atoms with Gasteiger partial charge in [-0.15, -0.1) is 0 Å². The first-order valence-corrected chi connectivity index (χ1v) is 8.95. The Morgan fingerprint density at radius 1 is 0.519 bits per heavy atom. The number of rotatable bonds is 2. The zero-order valence-corrected chi connectivity index (χ0v) is 14.4. The van der Waals surface area contributed by atoms with E-state index in [-0.39, 0.29) is 0 Å². The van der Waals surface area contributed by atoms with E-state index in [2.05, 4.69) is 29.6 Å². The first kappa shape index (κ1) is 14.4. The number of nitrogens with one attached hydrogen (secondary N) is 1. The largest absolute Gasteiger partial charge is 0.456 e. The van der Waals surface area contributed by atoms with Gasteiger partial charge in [-0.1, -0.05) is 42.5 Å². The van der Waals surface area contributed by atoms with Gasteiger partial charge in [0.05, 0.1) is 11.1 Å². The van der Waals surface area contributed by atoms with Crippen molar-refractivity contribution in [2.24, 2.45) is 0 Å². The zero-order chi connectivity index (χ0) is 17.8. The SMILES string of the molecule is c1ccc2c(c1)oc1ccc(Nc3cccc4oc5ccccc5c34)cc12. The summed E-state index contributed by atoms with van der Waals surface area (Å²) >= 11 is 0. The summed E-state index contributed by atoms with van der Waals surface area (Å²) in [7, 11) is 0. The molecule has 1 N–H and O–H groups in total. The van der Waals surface area contributed by atoms with Gasteiger partial charge in [0.15, 0.2) is 0 Å². The van der Waals surface area contributed by atoms with Crippen LogP contribution in [0.25, 0.3) is 43.9 Å². The highest BCUT2D eigenvalue weighted by Crippen LogP contribution is 2.36. The lowest BCUT2D eigenvalue weighted by Crippen LogP contribution is -1.90. The first-order chi connectivity index (χ1) is 13.4. The third-order valence-corrected chi connectivity index (χ3v) is 5.06. The highest BCUT2D eigenvalue weighted by molar-refractivity contribution is 6.12. The third-order valence-electron chi connectivity index (χ3n) is 5.06. The van der Waals surface area contributed by atoms with Crippen LogP contribution in [-0.4, -0.2) is 0 Å². The predicted octanol–water partition coefficient (Wildman–Crippen LogP) is 7.23. The molecule has 6 rings (SSSR count). The maximum absolute atomic E-state index is 5.99.